The van der Waals surface area contributed by atoms with Crippen molar-refractivity contribution in [3.63, 3.8) is 0 Å². The van der Waals surface area contributed by atoms with Crippen LogP contribution in [0.4, 0.5) is 10.5 Å². The summed E-state index contributed by atoms with van der Waals surface area (Å²) in [6.45, 7) is 0. The molecule has 0 bridgehead atoms. The Bertz CT molecular complexity index is 467. The summed E-state index contributed by atoms with van der Waals surface area (Å²) < 4.78 is 5.04. The first-order valence-corrected chi connectivity index (χ1v) is 7.39. The summed E-state index contributed by atoms with van der Waals surface area (Å²) in [6, 6.07) is 5.38. The van der Waals surface area contributed by atoms with Crippen molar-refractivity contribution in [1.29, 1.82) is 0 Å². The van der Waals surface area contributed by atoms with Crippen LogP contribution >= 0.6 is 11.8 Å². The average molecular weight is 298 g/mol. The van der Waals surface area contributed by atoms with Gasteiger partial charge in [-0.3, -0.25) is 0 Å². The van der Waals surface area contributed by atoms with Crippen molar-refractivity contribution >= 4 is 29.4 Å². The van der Waals surface area contributed by atoms with Crippen LogP contribution < -0.4 is 15.4 Å². The molecule has 6 nitrogen and oxygen atoms in total. The van der Waals surface area contributed by atoms with E-state index in [0.29, 0.717) is 23.6 Å². The average Bonchev–Trinajstić information content (AvgIpc) is 2.43. The quantitative estimate of drug-likeness (QED) is 0.717. The molecule has 0 radical (unpaired) electrons. The fourth-order valence-corrected chi connectivity index (χ4v) is 1.99. The summed E-state index contributed by atoms with van der Waals surface area (Å²) in [7, 11) is 1.53. The van der Waals surface area contributed by atoms with Gasteiger partial charge in [-0.1, -0.05) is 6.07 Å². The molecule has 7 heteroatoms. The number of nitrogens with one attached hydrogen (secondary N) is 2. The van der Waals surface area contributed by atoms with Crippen LogP contribution in [0.15, 0.2) is 24.3 Å². The lowest BCUT2D eigenvalue weighted by atomic mass is 10.2. The Morgan fingerprint density at radius 1 is 1.45 bits per heavy atom. The number of carbonyl (C=O) groups is 2. The number of ether oxygens (including phenoxy) is 1. The SMILES string of the molecule is COc1cccc(NC(=O)N[C@H](CCSC)C(=O)O)c1. The summed E-state index contributed by atoms with van der Waals surface area (Å²) in [6.07, 6.45) is 2.26. The van der Waals surface area contributed by atoms with Gasteiger partial charge in [0.2, 0.25) is 0 Å². The van der Waals surface area contributed by atoms with Crippen LogP contribution in [0, 0.1) is 0 Å². The Morgan fingerprint density at radius 2 is 2.20 bits per heavy atom. The molecule has 3 N–H and O–H groups in total. The molecular weight excluding hydrogens is 280 g/mol. The van der Waals surface area contributed by atoms with Gasteiger partial charge >= 0.3 is 12.0 Å². The number of carboxylic acids is 1. The molecule has 110 valence electrons. The van der Waals surface area contributed by atoms with Gasteiger partial charge in [-0.2, -0.15) is 11.8 Å². The van der Waals surface area contributed by atoms with E-state index in [2.05, 4.69) is 10.6 Å². The number of carboxylic acid groups (broad SMARTS) is 1. The first kappa shape index (κ1) is 16.2. The highest BCUT2D eigenvalue weighted by Gasteiger charge is 2.19. The number of anilines is 1. The minimum Gasteiger partial charge on any atom is -0.497 e. The van der Waals surface area contributed by atoms with Crippen LogP contribution in [0.25, 0.3) is 0 Å². The molecule has 20 heavy (non-hydrogen) atoms. The Labute approximate surface area is 121 Å². The molecule has 0 heterocycles. The topological polar surface area (TPSA) is 87.7 Å². The third-order valence-corrected chi connectivity index (χ3v) is 3.19. The van der Waals surface area contributed by atoms with Crippen molar-refractivity contribution in [2.75, 3.05) is 24.4 Å². The number of urea groups is 1. The molecule has 1 atom stereocenters. The highest BCUT2D eigenvalue weighted by atomic mass is 32.2. The summed E-state index contributed by atoms with van der Waals surface area (Å²) in [5.74, 6) is 0.232. The second kappa shape index (κ2) is 8.31. The van der Waals surface area contributed by atoms with E-state index in [1.807, 2.05) is 6.26 Å². The van der Waals surface area contributed by atoms with Crippen LogP contribution in [-0.2, 0) is 4.79 Å². The molecule has 1 aromatic carbocycles. The lowest BCUT2D eigenvalue weighted by molar-refractivity contribution is -0.139. The van der Waals surface area contributed by atoms with E-state index in [4.69, 9.17) is 9.84 Å². The minimum atomic E-state index is -1.04. The summed E-state index contributed by atoms with van der Waals surface area (Å²) in [5.41, 5.74) is 0.538. The standard InChI is InChI=1S/C13H18N2O4S/c1-19-10-5-3-4-9(8-10)14-13(18)15-11(12(16)17)6-7-20-2/h3-5,8,11H,6-7H2,1-2H3,(H,16,17)(H2,14,15,18)/t11-/m1/s1. The van der Waals surface area contributed by atoms with Crippen LogP contribution in [0.1, 0.15) is 6.42 Å². The molecule has 0 fully saturated rings. The first-order valence-electron chi connectivity index (χ1n) is 6.00. The van der Waals surface area contributed by atoms with Crippen molar-refractivity contribution in [1.82, 2.24) is 5.32 Å². The van der Waals surface area contributed by atoms with E-state index in [1.165, 1.54) is 18.9 Å². The van der Waals surface area contributed by atoms with Gasteiger partial charge in [0.25, 0.3) is 0 Å². The first-order chi connectivity index (χ1) is 9.56. The largest absolute Gasteiger partial charge is 0.497 e. The Kier molecular flexibility index (Phi) is 6.72. The monoisotopic (exact) mass is 298 g/mol. The molecule has 0 aliphatic carbocycles. The molecule has 0 unspecified atom stereocenters. The fourth-order valence-electron chi connectivity index (χ4n) is 1.52. The van der Waals surface area contributed by atoms with Gasteiger partial charge in [-0.15, -0.1) is 0 Å². The molecule has 1 rings (SSSR count). The molecule has 1 aromatic rings. The molecule has 0 aromatic heterocycles. The molecule has 2 amide bonds. The predicted octanol–water partition coefficient (Wildman–Crippen LogP) is 2.02. The van der Waals surface area contributed by atoms with Gasteiger partial charge in [0.1, 0.15) is 11.8 Å². The van der Waals surface area contributed by atoms with Gasteiger partial charge in [-0.25, -0.2) is 9.59 Å². The number of hydrogen-bond acceptors (Lipinski definition) is 4. The lowest BCUT2D eigenvalue weighted by Gasteiger charge is -2.14. The smallest absolute Gasteiger partial charge is 0.326 e. The second-order valence-electron chi connectivity index (χ2n) is 4.00. The minimum absolute atomic E-state index is 0.377. The van der Waals surface area contributed by atoms with Gasteiger partial charge in [0.05, 0.1) is 7.11 Å². The summed E-state index contributed by atoms with van der Waals surface area (Å²) in [5, 5.41) is 14.0. The zero-order chi connectivity index (χ0) is 15.0. The van der Waals surface area contributed by atoms with Crippen molar-refractivity contribution < 1.29 is 19.4 Å². The van der Waals surface area contributed by atoms with E-state index in [1.54, 1.807) is 24.3 Å². The van der Waals surface area contributed by atoms with Crippen molar-refractivity contribution in [3.05, 3.63) is 24.3 Å². The molecular formula is C13H18N2O4S. The second-order valence-corrected chi connectivity index (χ2v) is 4.99. The Morgan fingerprint density at radius 3 is 2.80 bits per heavy atom. The van der Waals surface area contributed by atoms with Crippen molar-refractivity contribution in [2.45, 2.75) is 12.5 Å². The maximum atomic E-state index is 11.8. The number of carbonyl (C=O) groups excluding carboxylic acids is 1. The summed E-state index contributed by atoms with van der Waals surface area (Å²) in [4.78, 5) is 22.8. The van der Waals surface area contributed by atoms with Crippen LogP contribution in [0.5, 0.6) is 5.75 Å². The zero-order valence-corrected chi connectivity index (χ0v) is 12.2. The number of rotatable bonds is 7. The lowest BCUT2D eigenvalue weighted by Crippen LogP contribution is -2.43. The maximum Gasteiger partial charge on any atom is 0.326 e. The van der Waals surface area contributed by atoms with E-state index >= 15 is 0 Å². The molecule has 0 saturated heterocycles. The number of methoxy groups -OCH3 is 1. The third kappa shape index (κ3) is 5.40. The third-order valence-electron chi connectivity index (χ3n) is 2.54. The van der Waals surface area contributed by atoms with E-state index in [-0.39, 0.29) is 0 Å². The number of benzene rings is 1. The van der Waals surface area contributed by atoms with Gasteiger partial charge in [0, 0.05) is 11.8 Å². The predicted molar refractivity (Wildman–Crippen MR) is 79.6 cm³/mol. The normalized spacial score (nSPS) is 11.5. The fraction of sp³-hybridized carbons (Fsp3) is 0.385. The highest BCUT2D eigenvalue weighted by Crippen LogP contribution is 2.16. The number of aliphatic carboxylic acids is 1. The van der Waals surface area contributed by atoms with Gasteiger partial charge in [0.15, 0.2) is 0 Å². The van der Waals surface area contributed by atoms with Gasteiger partial charge < -0.3 is 20.5 Å². The highest BCUT2D eigenvalue weighted by molar-refractivity contribution is 7.98. The maximum absolute atomic E-state index is 11.8. The molecule has 0 spiro atoms. The van der Waals surface area contributed by atoms with Crippen LogP contribution in [0.2, 0.25) is 0 Å². The number of thioether (sulfide) groups is 1. The van der Waals surface area contributed by atoms with E-state index in [0.717, 1.165) is 0 Å². The number of amides is 2. The van der Waals surface area contributed by atoms with Crippen LogP contribution in [0.3, 0.4) is 0 Å². The van der Waals surface area contributed by atoms with E-state index < -0.39 is 18.0 Å². The van der Waals surface area contributed by atoms with Crippen molar-refractivity contribution in [3.8, 4) is 5.75 Å². The Balaban J connectivity index is 2.58. The molecule has 0 saturated carbocycles. The Hall–Kier alpha value is -1.89. The number of hydrogen-bond donors (Lipinski definition) is 3. The van der Waals surface area contributed by atoms with Crippen LogP contribution in [-0.4, -0.2) is 42.3 Å². The van der Waals surface area contributed by atoms with E-state index in [9.17, 15) is 9.59 Å². The zero-order valence-electron chi connectivity index (χ0n) is 11.4. The molecule has 0 aliphatic heterocycles. The summed E-state index contributed by atoms with van der Waals surface area (Å²) >= 11 is 1.53. The van der Waals surface area contributed by atoms with Crippen molar-refractivity contribution in [2.24, 2.45) is 0 Å². The molecule has 0 aliphatic rings. The van der Waals surface area contributed by atoms with Gasteiger partial charge in [-0.05, 0) is 30.6 Å².